The molecule has 0 fully saturated rings. The van der Waals surface area contributed by atoms with Crippen LogP contribution in [0.2, 0.25) is 0 Å². The number of hydrogen-bond donors (Lipinski definition) is 0. The highest BCUT2D eigenvalue weighted by Crippen LogP contribution is 2.10. The summed E-state index contributed by atoms with van der Waals surface area (Å²) in [5, 5.41) is 1.75. The second-order valence-corrected chi connectivity index (χ2v) is 3.47. The van der Waals surface area contributed by atoms with Gasteiger partial charge >= 0.3 is 12.1 Å². The molecule has 0 aliphatic heterocycles. The topological polar surface area (TPSA) is 46.6 Å². The van der Waals surface area contributed by atoms with Crippen molar-refractivity contribution < 1.29 is 14.3 Å². The van der Waals surface area contributed by atoms with Gasteiger partial charge in [-0.05, 0) is 11.4 Å². The van der Waals surface area contributed by atoms with E-state index in [0.717, 1.165) is 0 Å². The highest BCUT2D eigenvalue weighted by atomic mass is 32.1. The summed E-state index contributed by atoms with van der Waals surface area (Å²) in [6.45, 7) is 0. The fourth-order valence-electron chi connectivity index (χ4n) is 0.616. The molecule has 1 amide bonds. The van der Waals surface area contributed by atoms with E-state index < -0.39 is 12.1 Å². The van der Waals surface area contributed by atoms with Gasteiger partial charge in [-0.15, -0.1) is 11.3 Å². The summed E-state index contributed by atoms with van der Waals surface area (Å²) >= 11 is 1.24. The summed E-state index contributed by atoms with van der Waals surface area (Å²) in [4.78, 5) is 23.7. The Balaban J connectivity index is 2.57. The molecule has 1 rings (SSSR count). The maximum absolute atomic E-state index is 11.2. The second-order valence-electron chi connectivity index (χ2n) is 2.53. The van der Waals surface area contributed by atoms with E-state index in [0.29, 0.717) is 4.88 Å². The molecule has 0 saturated heterocycles. The predicted octanol–water partition coefficient (Wildman–Crippen LogP) is 1.59. The van der Waals surface area contributed by atoms with E-state index in [9.17, 15) is 9.59 Å². The van der Waals surface area contributed by atoms with E-state index in [1.807, 2.05) is 0 Å². The zero-order chi connectivity index (χ0) is 9.84. The molecule has 0 aliphatic rings. The number of nitrogens with zero attached hydrogens (tertiary/aromatic N) is 1. The third kappa shape index (κ3) is 2.55. The largest absolute Gasteiger partial charge is 0.417 e. The predicted molar refractivity (Wildman–Crippen MR) is 48.8 cm³/mol. The molecule has 1 aromatic rings. The van der Waals surface area contributed by atoms with Crippen molar-refractivity contribution in [3.8, 4) is 0 Å². The first-order valence-corrected chi connectivity index (χ1v) is 4.46. The minimum atomic E-state index is -0.654. The molecule has 0 aromatic carbocycles. The molecule has 0 aliphatic carbocycles. The molecule has 5 heteroatoms. The Morgan fingerprint density at radius 3 is 2.62 bits per heavy atom. The van der Waals surface area contributed by atoms with Gasteiger partial charge in [-0.2, -0.15) is 0 Å². The Bertz CT molecular complexity index is 305. The van der Waals surface area contributed by atoms with Crippen LogP contribution < -0.4 is 0 Å². The number of amides is 1. The summed E-state index contributed by atoms with van der Waals surface area (Å²) in [5.41, 5.74) is 0. The molecule has 0 unspecified atom stereocenters. The Morgan fingerprint density at radius 1 is 1.46 bits per heavy atom. The molecule has 4 nitrogen and oxygen atoms in total. The quantitative estimate of drug-likeness (QED) is 0.509. The molecule has 1 aromatic heterocycles. The Kier molecular flexibility index (Phi) is 3.02. The van der Waals surface area contributed by atoms with Crippen LogP contribution in [-0.2, 0) is 4.74 Å². The maximum Gasteiger partial charge on any atom is 0.417 e. The second kappa shape index (κ2) is 4.04. The third-order valence-corrected chi connectivity index (χ3v) is 2.12. The van der Waals surface area contributed by atoms with Crippen LogP contribution in [0.4, 0.5) is 4.79 Å². The van der Waals surface area contributed by atoms with Crippen LogP contribution in [0.15, 0.2) is 17.5 Å². The molecule has 0 N–H and O–H groups in total. The molecule has 0 saturated carbocycles. The number of carbonyl (C=O) groups is 2. The number of ether oxygens (including phenoxy) is 1. The van der Waals surface area contributed by atoms with Crippen LogP contribution in [0.5, 0.6) is 0 Å². The van der Waals surface area contributed by atoms with Crippen LogP contribution in [0, 0.1) is 0 Å². The molecular weight excluding hydrogens is 190 g/mol. The summed E-state index contributed by atoms with van der Waals surface area (Å²) < 4.78 is 4.51. The van der Waals surface area contributed by atoms with Crippen molar-refractivity contribution in [2.75, 3.05) is 14.1 Å². The van der Waals surface area contributed by atoms with Crippen LogP contribution in [-0.4, -0.2) is 31.1 Å². The van der Waals surface area contributed by atoms with E-state index in [4.69, 9.17) is 0 Å². The average Bonchev–Trinajstić information content (AvgIpc) is 2.55. The van der Waals surface area contributed by atoms with Crippen molar-refractivity contribution in [1.82, 2.24) is 4.90 Å². The lowest BCUT2D eigenvalue weighted by Gasteiger charge is -2.08. The van der Waals surface area contributed by atoms with Crippen molar-refractivity contribution in [3.05, 3.63) is 22.4 Å². The maximum atomic E-state index is 11.2. The van der Waals surface area contributed by atoms with Gasteiger partial charge in [0.2, 0.25) is 0 Å². The Labute approximate surface area is 79.7 Å². The Hall–Kier alpha value is -1.36. The fourth-order valence-corrected chi connectivity index (χ4v) is 1.21. The standard InChI is InChI=1S/C8H9NO3S/c1-9(2)8(11)12-7(10)6-4-3-5-13-6/h3-5H,1-2H3. The molecule has 1 heterocycles. The molecule has 0 spiro atoms. The van der Waals surface area contributed by atoms with Gasteiger partial charge in [-0.3, -0.25) is 0 Å². The number of thiophene rings is 1. The minimum absolute atomic E-state index is 0.426. The fraction of sp³-hybridized carbons (Fsp3) is 0.250. The first-order chi connectivity index (χ1) is 6.11. The van der Waals surface area contributed by atoms with E-state index in [1.54, 1.807) is 17.5 Å². The molecule has 0 atom stereocenters. The Morgan fingerprint density at radius 2 is 2.15 bits per heavy atom. The first kappa shape index (κ1) is 9.73. The van der Waals surface area contributed by atoms with Crippen LogP contribution in [0.25, 0.3) is 0 Å². The number of esters is 1. The van der Waals surface area contributed by atoms with E-state index in [1.165, 1.54) is 30.3 Å². The van der Waals surface area contributed by atoms with Crippen LogP contribution in [0.3, 0.4) is 0 Å². The van der Waals surface area contributed by atoms with Gasteiger partial charge in [-0.25, -0.2) is 9.59 Å². The van der Waals surface area contributed by atoms with Crippen LogP contribution >= 0.6 is 11.3 Å². The van der Waals surface area contributed by atoms with Crippen molar-refractivity contribution in [2.24, 2.45) is 0 Å². The van der Waals surface area contributed by atoms with Gasteiger partial charge in [0.05, 0.1) is 0 Å². The summed E-state index contributed by atoms with van der Waals surface area (Å²) in [7, 11) is 3.04. The van der Waals surface area contributed by atoms with Crippen LogP contribution in [0.1, 0.15) is 9.67 Å². The molecule has 70 valence electrons. The normalized spacial score (nSPS) is 9.38. The molecule has 0 bridgehead atoms. The van der Waals surface area contributed by atoms with Gasteiger partial charge in [0.25, 0.3) is 0 Å². The average molecular weight is 199 g/mol. The smallest absolute Gasteiger partial charge is 0.372 e. The van der Waals surface area contributed by atoms with Crippen molar-refractivity contribution >= 4 is 23.4 Å². The van der Waals surface area contributed by atoms with Gasteiger partial charge in [0.15, 0.2) is 0 Å². The van der Waals surface area contributed by atoms with E-state index in [2.05, 4.69) is 4.74 Å². The number of rotatable bonds is 1. The zero-order valence-electron chi connectivity index (χ0n) is 7.31. The summed E-state index contributed by atoms with van der Waals surface area (Å²) in [6.07, 6.45) is -0.654. The first-order valence-electron chi connectivity index (χ1n) is 3.58. The molecule has 0 radical (unpaired) electrons. The summed E-state index contributed by atoms with van der Waals surface area (Å²) in [6, 6.07) is 3.33. The van der Waals surface area contributed by atoms with Gasteiger partial charge < -0.3 is 9.64 Å². The molecular formula is C8H9NO3S. The SMILES string of the molecule is CN(C)C(=O)OC(=O)c1cccs1. The zero-order valence-corrected chi connectivity index (χ0v) is 8.13. The minimum Gasteiger partial charge on any atom is -0.372 e. The van der Waals surface area contributed by atoms with E-state index >= 15 is 0 Å². The third-order valence-electron chi connectivity index (χ3n) is 1.27. The lowest BCUT2D eigenvalue weighted by atomic mass is 10.5. The van der Waals surface area contributed by atoms with Gasteiger partial charge in [0, 0.05) is 14.1 Å². The number of hydrogen-bond acceptors (Lipinski definition) is 4. The monoisotopic (exact) mass is 199 g/mol. The van der Waals surface area contributed by atoms with Gasteiger partial charge in [-0.1, -0.05) is 6.07 Å². The number of carbonyl (C=O) groups excluding carboxylic acids is 2. The highest BCUT2D eigenvalue weighted by molar-refractivity contribution is 7.12. The van der Waals surface area contributed by atoms with Gasteiger partial charge in [0.1, 0.15) is 4.88 Å². The lowest BCUT2D eigenvalue weighted by Crippen LogP contribution is -2.25. The van der Waals surface area contributed by atoms with E-state index in [-0.39, 0.29) is 0 Å². The lowest BCUT2D eigenvalue weighted by molar-refractivity contribution is 0.0578. The highest BCUT2D eigenvalue weighted by Gasteiger charge is 2.14. The van der Waals surface area contributed by atoms with Crippen molar-refractivity contribution in [1.29, 1.82) is 0 Å². The molecule has 13 heavy (non-hydrogen) atoms. The van der Waals surface area contributed by atoms with Crippen molar-refractivity contribution in [2.45, 2.75) is 0 Å². The summed E-state index contributed by atoms with van der Waals surface area (Å²) in [5.74, 6) is -0.603. The van der Waals surface area contributed by atoms with Crippen molar-refractivity contribution in [3.63, 3.8) is 0 Å².